The van der Waals surface area contributed by atoms with Gasteiger partial charge in [0.05, 0.1) is 5.69 Å². The average Bonchev–Trinajstić information content (AvgIpc) is 2.94. The number of aromatic nitrogens is 2. The highest BCUT2D eigenvalue weighted by molar-refractivity contribution is 6.30. The largest absolute Gasteiger partial charge is 0.237 e. The van der Waals surface area contributed by atoms with Gasteiger partial charge in [-0.25, -0.2) is 9.97 Å². The highest BCUT2D eigenvalue weighted by atomic mass is 35.5. The summed E-state index contributed by atoms with van der Waals surface area (Å²) in [6, 6.07) is 0. The molecule has 1 heterocycles. The summed E-state index contributed by atoms with van der Waals surface area (Å²) in [4.78, 5) is 8.88. The second-order valence-corrected chi connectivity index (χ2v) is 4.32. The molecule has 0 aliphatic heterocycles. The number of halogens is 1. The Hall–Kier alpha value is -0.630. The molecule has 76 valence electrons. The third kappa shape index (κ3) is 1.90. The van der Waals surface area contributed by atoms with Gasteiger partial charge in [0.15, 0.2) is 0 Å². The Bertz CT molecular complexity index is 345. The maximum atomic E-state index is 6.08. The van der Waals surface area contributed by atoms with Gasteiger partial charge in [-0.1, -0.05) is 18.5 Å². The number of hydrogen-bond acceptors (Lipinski definition) is 2. The molecule has 0 radical (unpaired) electrons. The van der Waals surface area contributed by atoms with E-state index in [9.17, 15) is 0 Å². The number of rotatable bonds is 3. The molecule has 0 unspecified atom stereocenters. The summed E-state index contributed by atoms with van der Waals surface area (Å²) < 4.78 is 0. The predicted octanol–water partition coefficient (Wildman–Crippen LogP) is 3.27. The van der Waals surface area contributed by atoms with Gasteiger partial charge in [0.2, 0.25) is 0 Å². The van der Waals surface area contributed by atoms with E-state index in [0.29, 0.717) is 11.1 Å². The summed E-state index contributed by atoms with van der Waals surface area (Å²) in [5.41, 5.74) is 2.27. The lowest BCUT2D eigenvalue weighted by Crippen LogP contribution is -2.02. The van der Waals surface area contributed by atoms with Crippen LogP contribution in [-0.2, 0) is 6.42 Å². The van der Waals surface area contributed by atoms with E-state index in [1.165, 1.54) is 18.5 Å². The smallest absolute Gasteiger partial charge is 0.135 e. The van der Waals surface area contributed by atoms with E-state index in [-0.39, 0.29) is 0 Å². The molecule has 2 rings (SSSR count). The third-order valence-electron chi connectivity index (χ3n) is 2.61. The molecule has 14 heavy (non-hydrogen) atoms. The van der Waals surface area contributed by atoms with Crippen LogP contribution in [0.2, 0.25) is 5.15 Å². The van der Waals surface area contributed by atoms with Crippen LogP contribution in [0.15, 0.2) is 0 Å². The van der Waals surface area contributed by atoms with E-state index in [4.69, 9.17) is 11.6 Å². The lowest BCUT2D eigenvalue weighted by atomic mass is 10.2. The van der Waals surface area contributed by atoms with Crippen LogP contribution in [0, 0.1) is 6.92 Å². The van der Waals surface area contributed by atoms with Gasteiger partial charge in [0, 0.05) is 17.9 Å². The van der Waals surface area contributed by atoms with Gasteiger partial charge in [-0.15, -0.1) is 0 Å². The lowest BCUT2D eigenvalue weighted by molar-refractivity contribution is 0.804. The van der Waals surface area contributed by atoms with E-state index in [1.807, 2.05) is 6.92 Å². The lowest BCUT2D eigenvalue weighted by Gasteiger charge is -2.07. The van der Waals surface area contributed by atoms with E-state index in [1.54, 1.807) is 0 Å². The topological polar surface area (TPSA) is 25.8 Å². The molecule has 0 N–H and O–H groups in total. The average molecular weight is 211 g/mol. The monoisotopic (exact) mass is 210 g/mol. The van der Waals surface area contributed by atoms with E-state index in [0.717, 1.165) is 24.2 Å². The Morgan fingerprint density at radius 2 is 2.07 bits per heavy atom. The first kappa shape index (κ1) is 9.91. The number of nitrogens with zero attached hydrogens (tertiary/aromatic N) is 2. The Labute approximate surface area is 89.7 Å². The fourth-order valence-corrected chi connectivity index (χ4v) is 1.83. The zero-order valence-electron chi connectivity index (χ0n) is 8.68. The first-order chi connectivity index (χ1) is 6.72. The fourth-order valence-electron chi connectivity index (χ4n) is 1.64. The maximum Gasteiger partial charge on any atom is 0.135 e. The van der Waals surface area contributed by atoms with Crippen molar-refractivity contribution in [2.24, 2.45) is 0 Å². The molecular weight excluding hydrogens is 196 g/mol. The summed E-state index contributed by atoms with van der Waals surface area (Å²) in [7, 11) is 0. The summed E-state index contributed by atoms with van der Waals surface area (Å²) in [5.74, 6) is 1.57. The molecule has 0 aromatic carbocycles. The summed E-state index contributed by atoms with van der Waals surface area (Å²) in [6.45, 7) is 4.15. The summed E-state index contributed by atoms with van der Waals surface area (Å²) in [5, 5.41) is 0.644. The third-order valence-corrected chi connectivity index (χ3v) is 2.98. The summed E-state index contributed by atoms with van der Waals surface area (Å²) >= 11 is 6.08. The molecule has 3 heteroatoms. The number of aryl methyl sites for hydroxylation is 1. The van der Waals surface area contributed by atoms with Crippen LogP contribution in [0.1, 0.15) is 49.2 Å². The van der Waals surface area contributed by atoms with Crippen molar-refractivity contribution in [1.29, 1.82) is 0 Å². The molecule has 1 aliphatic rings. The Morgan fingerprint density at radius 3 is 2.64 bits per heavy atom. The van der Waals surface area contributed by atoms with Crippen molar-refractivity contribution < 1.29 is 0 Å². The Balaban J connectivity index is 2.36. The SMILES string of the molecule is CCCc1nc(Cl)c(C)c(C2CC2)n1. The van der Waals surface area contributed by atoms with Crippen molar-refractivity contribution in [2.75, 3.05) is 0 Å². The molecule has 1 fully saturated rings. The molecule has 1 aromatic heterocycles. The molecule has 2 nitrogen and oxygen atoms in total. The van der Waals surface area contributed by atoms with Crippen LogP contribution in [0.25, 0.3) is 0 Å². The minimum absolute atomic E-state index is 0.644. The first-order valence-electron chi connectivity index (χ1n) is 5.25. The first-order valence-corrected chi connectivity index (χ1v) is 5.63. The highest BCUT2D eigenvalue weighted by Gasteiger charge is 2.28. The standard InChI is InChI=1S/C11H15ClN2/c1-3-4-9-13-10(8-5-6-8)7(2)11(12)14-9/h8H,3-6H2,1-2H3. The van der Waals surface area contributed by atoms with Crippen molar-refractivity contribution in [3.8, 4) is 0 Å². The maximum absolute atomic E-state index is 6.08. The minimum Gasteiger partial charge on any atom is -0.237 e. The number of hydrogen-bond donors (Lipinski definition) is 0. The van der Waals surface area contributed by atoms with Gasteiger partial charge in [-0.05, 0) is 26.2 Å². The Kier molecular flexibility index (Phi) is 2.73. The predicted molar refractivity (Wildman–Crippen MR) is 57.7 cm³/mol. The van der Waals surface area contributed by atoms with Crippen molar-refractivity contribution in [3.05, 3.63) is 22.2 Å². The minimum atomic E-state index is 0.644. The molecule has 0 saturated heterocycles. The zero-order chi connectivity index (χ0) is 10.1. The molecule has 0 spiro atoms. The van der Waals surface area contributed by atoms with Crippen LogP contribution in [0.3, 0.4) is 0 Å². The molecular formula is C11H15ClN2. The second kappa shape index (κ2) is 3.85. The van der Waals surface area contributed by atoms with Gasteiger partial charge in [0.25, 0.3) is 0 Å². The van der Waals surface area contributed by atoms with Gasteiger partial charge in [0.1, 0.15) is 11.0 Å². The van der Waals surface area contributed by atoms with Gasteiger partial charge >= 0.3 is 0 Å². The van der Waals surface area contributed by atoms with Crippen LogP contribution in [-0.4, -0.2) is 9.97 Å². The van der Waals surface area contributed by atoms with Crippen LogP contribution in [0.5, 0.6) is 0 Å². The summed E-state index contributed by atoms with van der Waals surface area (Å²) in [6.07, 6.45) is 4.53. The molecule has 1 saturated carbocycles. The van der Waals surface area contributed by atoms with Crippen molar-refractivity contribution in [3.63, 3.8) is 0 Å². The second-order valence-electron chi connectivity index (χ2n) is 3.97. The van der Waals surface area contributed by atoms with Gasteiger partial charge in [-0.3, -0.25) is 0 Å². The van der Waals surface area contributed by atoms with E-state index < -0.39 is 0 Å². The van der Waals surface area contributed by atoms with Crippen molar-refractivity contribution in [1.82, 2.24) is 9.97 Å². The van der Waals surface area contributed by atoms with E-state index in [2.05, 4.69) is 16.9 Å². The van der Waals surface area contributed by atoms with Crippen LogP contribution < -0.4 is 0 Å². The van der Waals surface area contributed by atoms with Crippen LogP contribution >= 0.6 is 11.6 Å². The van der Waals surface area contributed by atoms with Crippen molar-refractivity contribution >= 4 is 11.6 Å². The highest BCUT2D eigenvalue weighted by Crippen LogP contribution is 2.41. The molecule has 0 bridgehead atoms. The molecule has 0 atom stereocenters. The van der Waals surface area contributed by atoms with E-state index >= 15 is 0 Å². The quantitative estimate of drug-likeness (QED) is 0.716. The zero-order valence-corrected chi connectivity index (χ0v) is 9.43. The molecule has 1 aliphatic carbocycles. The molecule has 0 amide bonds. The normalized spacial score (nSPS) is 15.9. The van der Waals surface area contributed by atoms with Crippen molar-refractivity contribution in [2.45, 2.75) is 45.4 Å². The Morgan fingerprint density at radius 1 is 1.36 bits per heavy atom. The van der Waals surface area contributed by atoms with Crippen LogP contribution in [0.4, 0.5) is 0 Å². The fraction of sp³-hybridized carbons (Fsp3) is 0.636. The van der Waals surface area contributed by atoms with Gasteiger partial charge in [-0.2, -0.15) is 0 Å². The van der Waals surface area contributed by atoms with Gasteiger partial charge < -0.3 is 0 Å². The molecule has 1 aromatic rings.